The summed E-state index contributed by atoms with van der Waals surface area (Å²) < 4.78 is 12.0. The lowest BCUT2D eigenvalue weighted by Crippen LogP contribution is -2.56. The fourth-order valence-electron chi connectivity index (χ4n) is 6.38. The molecule has 3 heterocycles. The summed E-state index contributed by atoms with van der Waals surface area (Å²) >= 11 is 0. The number of urea groups is 1. The third-order valence-corrected chi connectivity index (χ3v) is 8.84. The number of H-pyrrole nitrogens is 2. The predicted molar refractivity (Wildman–Crippen MR) is 189 cm³/mol. The van der Waals surface area contributed by atoms with E-state index in [0.717, 1.165) is 27.5 Å². The zero-order chi connectivity index (χ0) is 35.8. The van der Waals surface area contributed by atoms with E-state index in [2.05, 4.69) is 25.9 Å². The molecule has 1 fully saturated rings. The van der Waals surface area contributed by atoms with E-state index in [1.807, 2.05) is 54.7 Å². The minimum atomic E-state index is -1.00. The van der Waals surface area contributed by atoms with E-state index in [1.54, 1.807) is 30.2 Å². The van der Waals surface area contributed by atoms with Crippen LogP contribution in [0.4, 0.5) is 9.59 Å². The maximum atomic E-state index is 13.9. The highest BCUT2D eigenvalue weighted by molar-refractivity contribution is 5.92. The van der Waals surface area contributed by atoms with E-state index in [9.17, 15) is 24.0 Å². The summed E-state index contributed by atoms with van der Waals surface area (Å²) in [7, 11) is 1.25. The van der Waals surface area contributed by atoms with Crippen molar-refractivity contribution in [1.82, 2.24) is 35.4 Å². The summed E-state index contributed by atoms with van der Waals surface area (Å²) in [5.41, 5.74) is 2.54. The van der Waals surface area contributed by atoms with Crippen molar-refractivity contribution in [2.24, 2.45) is 0 Å². The first-order valence-electron chi connectivity index (χ1n) is 17.1. The second kappa shape index (κ2) is 16.0. The van der Waals surface area contributed by atoms with Crippen LogP contribution in [-0.2, 0) is 25.5 Å². The molecular weight excluding hydrogens is 642 g/mol. The molecule has 1 aliphatic heterocycles. The molecule has 4 aromatic rings. The summed E-state index contributed by atoms with van der Waals surface area (Å²) in [5.74, 6) is -1.13. The van der Waals surface area contributed by atoms with Crippen LogP contribution in [0.15, 0.2) is 59.5 Å². The van der Waals surface area contributed by atoms with Crippen molar-refractivity contribution >= 4 is 45.9 Å². The summed E-state index contributed by atoms with van der Waals surface area (Å²) in [6, 6.07) is 12.8. The number of hydrogen-bond acceptors (Lipinski definition) is 7. The largest absolute Gasteiger partial charge is 0.467 e. The average molecular weight is 690 g/mol. The van der Waals surface area contributed by atoms with Gasteiger partial charge < -0.3 is 40.3 Å². The molecule has 0 spiro atoms. The number of benzene rings is 2. The molecule has 50 heavy (non-hydrogen) atoms. The van der Waals surface area contributed by atoms with Gasteiger partial charge in [0.25, 0.3) is 0 Å². The molecule has 14 heteroatoms. The van der Waals surface area contributed by atoms with Crippen LogP contribution < -0.4 is 21.6 Å². The molecule has 2 aromatic carbocycles. The van der Waals surface area contributed by atoms with Crippen LogP contribution in [0.3, 0.4) is 0 Å². The normalized spacial score (nSPS) is 15.0. The maximum absolute atomic E-state index is 13.9. The molecule has 0 saturated carbocycles. The molecule has 0 aliphatic carbocycles. The molecular formula is C36H47N7O7. The standard InChI is InChI=1S/C36H47N7O7/c1-36(2,3)50-35(48)37-18-10-9-14-28(32(45)49-4)39-31(44)29(21-23-22-38-26-12-6-5-11-25(23)26)41-33(46)42-19-16-24(17-20-42)43-30-15-8-7-13-27(30)40-34(43)47/h5-8,11-13,15,22,24,28-29,38H,9-10,14,16-21H2,1-4H3,(H,37,48)(H,39,44)(H,40,47)(H,41,46)/t28-,29?/m0/s1. The van der Waals surface area contributed by atoms with Crippen molar-refractivity contribution in [1.29, 1.82) is 0 Å². The molecule has 14 nitrogen and oxygen atoms in total. The quantitative estimate of drug-likeness (QED) is 0.110. The van der Waals surface area contributed by atoms with E-state index in [-0.39, 0.29) is 24.6 Å². The molecule has 268 valence electrons. The number of hydrogen-bond donors (Lipinski definition) is 5. The summed E-state index contributed by atoms with van der Waals surface area (Å²) in [5, 5.41) is 9.34. The Kier molecular flexibility index (Phi) is 11.5. The Morgan fingerprint density at radius 2 is 1.64 bits per heavy atom. The third kappa shape index (κ3) is 9.04. The van der Waals surface area contributed by atoms with Crippen molar-refractivity contribution in [2.45, 2.75) is 83.0 Å². The first-order valence-corrected chi connectivity index (χ1v) is 17.1. The zero-order valence-electron chi connectivity index (χ0n) is 29.0. The molecule has 0 radical (unpaired) electrons. The lowest BCUT2D eigenvalue weighted by atomic mass is 10.0. The zero-order valence-corrected chi connectivity index (χ0v) is 29.0. The number of amides is 4. The smallest absolute Gasteiger partial charge is 0.407 e. The second-order valence-corrected chi connectivity index (χ2v) is 13.6. The molecule has 2 atom stereocenters. The SMILES string of the molecule is COC(=O)[C@H](CCCCNC(=O)OC(C)(C)C)NC(=O)C(Cc1c[nH]c2ccccc12)NC(=O)N1CCC(n2c(=O)[nH]c3ccccc32)CC1. The van der Waals surface area contributed by atoms with Gasteiger partial charge in [-0.15, -0.1) is 0 Å². The van der Waals surface area contributed by atoms with Crippen molar-refractivity contribution < 1.29 is 28.7 Å². The highest BCUT2D eigenvalue weighted by Crippen LogP contribution is 2.25. The number of alkyl carbamates (subject to hydrolysis) is 1. The minimum absolute atomic E-state index is 0.0758. The van der Waals surface area contributed by atoms with Gasteiger partial charge in [0.2, 0.25) is 5.91 Å². The predicted octanol–water partition coefficient (Wildman–Crippen LogP) is 4.12. The van der Waals surface area contributed by atoms with Crippen LogP contribution in [0.25, 0.3) is 21.9 Å². The fourth-order valence-corrected chi connectivity index (χ4v) is 6.38. The van der Waals surface area contributed by atoms with Gasteiger partial charge in [-0.2, -0.15) is 0 Å². The van der Waals surface area contributed by atoms with E-state index in [4.69, 9.17) is 9.47 Å². The Bertz CT molecular complexity index is 1860. The maximum Gasteiger partial charge on any atom is 0.407 e. The number of para-hydroxylation sites is 3. The highest BCUT2D eigenvalue weighted by Gasteiger charge is 2.31. The number of carbonyl (C=O) groups excluding carboxylic acids is 4. The molecule has 4 amide bonds. The first-order chi connectivity index (χ1) is 23.9. The van der Waals surface area contributed by atoms with Crippen molar-refractivity contribution in [3.63, 3.8) is 0 Å². The van der Waals surface area contributed by atoms with Gasteiger partial charge in [0, 0.05) is 49.2 Å². The number of likely N-dealkylation sites (tertiary alicyclic amines) is 1. The number of aromatic amines is 2. The van der Waals surface area contributed by atoms with E-state index in [0.29, 0.717) is 45.3 Å². The molecule has 1 aliphatic rings. The number of piperidine rings is 1. The third-order valence-electron chi connectivity index (χ3n) is 8.84. The molecule has 5 N–H and O–H groups in total. The van der Waals surface area contributed by atoms with Crippen molar-refractivity contribution in [2.75, 3.05) is 26.7 Å². The van der Waals surface area contributed by atoms with Gasteiger partial charge in [-0.05, 0) is 76.6 Å². The monoisotopic (exact) mass is 689 g/mol. The van der Waals surface area contributed by atoms with Gasteiger partial charge in [-0.3, -0.25) is 9.36 Å². The highest BCUT2D eigenvalue weighted by atomic mass is 16.6. The first kappa shape index (κ1) is 36.0. The number of esters is 1. The van der Waals surface area contributed by atoms with E-state index < -0.39 is 41.7 Å². The topological polar surface area (TPSA) is 180 Å². The number of fused-ring (bicyclic) bond motifs is 2. The number of imidazole rings is 1. The van der Waals surface area contributed by atoms with Crippen LogP contribution in [0.1, 0.15) is 64.5 Å². The molecule has 1 unspecified atom stereocenters. The van der Waals surface area contributed by atoms with Crippen LogP contribution in [0.5, 0.6) is 0 Å². The van der Waals surface area contributed by atoms with Gasteiger partial charge in [-0.25, -0.2) is 19.2 Å². The molecule has 0 bridgehead atoms. The van der Waals surface area contributed by atoms with E-state index in [1.165, 1.54) is 7.11 Å². The number of methoxy groups -OCH3 is 1. The van der Waals surface area contributed by atoms with Gasteiger partial charge in [0.05, 0.1) is 18.1 Å². The van der Waals surface area contributed by atoms with Gasteiger partial charge in [-0.1, -0.05) is 30.3 Å². The summed E-state index contributed by atoms with van der Waals surface area (Å²) in [6.45, 7) is 6.46. The Balaban J connectivity index is 1.23. The number of rotatable bonds is 12. The number of nitrogens with one attached hydrogen (secondary N) is 5. The Labute approximate surface area is 290 Å². The number of carbonyl (C=O) groups is 4. The lowest BCUT2D eigenvalue weighted by Gasteiger charge is -2.33. The number of nitrogens with zero attached hydrogens (tertiary/aromatic N) is 2. The Hall–Kier alpha value is -5.27. The molecule has 5 rings (SSSR count). The fraction of sp³-hybridized carbons (Fsp3) is 0.472. The Morgan fingerprint density at radius 3 is 2.36 bits per heavy atom. The second-order valence-electron chi connectivity index (χ2n) is 13.6. The van der Waals surface area contributed by atoms with Crippen molar-refractivity contribution in [3.05, 3.63) is 70.8 Å². The van der Waals surface area contributed by atoms with Crippen LogP contribution in [-0.4, -0.2) is 87.9 Å². The van der Waals surface area contributed by atoms with Gasteiger partial charge >= 0.3 is 23.8 Å². The van der Waals surface area contributed by atoms with Gasteiger partial charge in [0.1, 0.15) is 17.7 Å². The number of unbranched alkanes of at least 4 members (excludes halogenated alkanes) is 1. The number of aromatic nitrogens is 3. The van der Waals surface area contributed by atoms with Crippen molar-refractivity contribution in [3.8, 4) is 0 Å². The van der Waals surface area contributed by atoms with E-state index >= 15 is 0 Å². The van der Waals surface area contributed by atoms with Crippen LogP contribution >= 0.6 is 0 Å². The molecule has 1 saturated heterocycles. The van der Waals surface area contributed by atoms with Gasteiger partial charge in [0.15, 0.2) is 0 Å². The summed E-state index contributed by atoms with van der Waals surface area (Å²) in [4.78, 5) is 72.7. The minimum Gasteiger partial charge on any atom is -0.467 e. The molecule has 2 aromatic heterocycles. The summed E-state index contributed by atoms with van der Waals surface area (Å²) in [6.07, 6.45) is 3.92. The number of ether oxygens (including phenoxy) is 2. The Morgan fingerprint density at radius 1 is 0.940 bits per heavy atom. The van der Waals surface area contributed by atoms with Crippen LogP contribution in [0.2, 0.25) is 0 Å². The average Bonchev–Trinajstić information content (AvgIpc) is 3.65. The van der Waals surface area contributed by atoms with Crippen LogP contribution in [0, 0.1) is 0 Å². The lowest BCUT2D eigenvalue weighted by molar-refractivity contribution is -0.145.